The van der Waals surface area contributed by atoms with Crippen molar-refractivity contribution in [3.05, 3.63) is 29.6 Å². The minimum absolute atomic E-state index is 0.0675. The summed E-state index contributed by atoms with van der Waals surface area (Å²) < 4.78 is 19.2. The van der Waals surface area contributed by atoms with Gasteiger partial charge in [0.15, 0.2) is 0 Å². The number of nitrogens with two attached hydrogens (primary N) is 1. The zero-order valence-electron chi connectivity index (χ0n) is 12.0. The lowest BCUT2D eigenvalue weighted by Crippen LogP contribution is -2.36. The van der Waals surface area contributed by atoms with Crippen molar-refractivity contribution in [1.29, 1.82) is 0 Å². The van der Waals surface area contributed by atoms with Gasteiger partial charge in [-0.3, -0.25) is 0 Å². The maximum absolute atomic E-state index is 14.2. The Labute approximate surface area is 115 Å². The van der Waals surface area contributed by atoms with Crippen LogP contribution >= 0.6 is 0 Å². The number of benzene rings is 1. The summed E-state index contributed by atoms with van der Waals surface area (Å²) >= 11 is 0. The molecule has 19 heavy (non-hydrogen) atoms. The summed E-state index contributed by atoms with van der Waals surface area (Å²) in [5.41, 5.74) is 6.96. The van der Waals surface area contributed by atoms with Crippen LogP contribution in [0.3, 0.4) is 0 Å². The largest absolute Gasteiger partial charge is 0.497 e. The predicted molar refractivity (Wildman–Crippen MR) is 75.8 cm³/mol. The quantitative estimate of drug-likeness (QED) is 0.904. The normalized spacial score (nSPS) is 27.6. The Kier molecular flexibility index (Phi) is 4.46. The van der Waals surface area contributed by atoms with Crippen LogP contribution in [0.25, 0.3) is 0 Å². The summed E-state index contributed by atoms with van der Waals surface area (Å²) in [5.74, 6) is 1.78. The molecule has 0 aliphatic heterocycles. The van der Waals surface area contributed by atoms with E-state index in [1.54, 1.807) is 7.11 Å². The topological polar surface area (TPSA) is 35.2 Å². The van der Waals surface area contributed by atoms with Crippen LogP contribution < -0.4 is 10.5 Å². The van der Waals surface area contributed by atoms with Crippen LogP contribution in [-0.2, 0) is 0 Å². The highest BCUT2D eigenvalue weighted by Gasteiger charge is 2.32. The van der Waals surface area contributed by atoms with E-state index in [1.165, 1.54) is 6.07 Å². The molecule has 1 aromatic carbocycles. The second-order valence-electron chi connectivity index (χ2n) is 5.97. The van der Waals surface area contributed by atoms with Crippen molar-refractivity contribution in [1.82, 2.24) is 0 Å². The molecule has 0 saturated heterocycles. The van der Waals surface area contributed by atoms with Crippen LogP contribution in [0.4, 0.5) is 4.39 Å². The van der Waals surface area contributed by atoms with Crippen LogP contribution in [0, 0.1) is 17.7 Å². The average molecular weight is 265 g/mol. The minimum atomic E-state index is -0.191. The second kappa shape index (κ2) is 5.91. The van der Waals surface area contributed by atoms with Gasteiger partial charge in [0, 0.05) is 18.0 Å². The zero-order chi connectivity index (χ0) is 14.0. The van der Waals surface area contributed by atoms with Gasteiger partial charge in [-0.15, -0.1) is 0 Å². The van der Waals surface area contributed by atoms with E-state index in [0.717, 1.165) is 24.8 Å². The van der Waals surface area contributed by atoms with Gasteiger partial charge >= 0.3 is 0 Å². The molecule has 2 rings (SSSR count). The van der Waals surface area contributed by atoms with E-state index in [9.17, 15) is 4.39 Å². The first-order valence-electron chi connectivity index (χ1n) is 7.12. The van der Waals surface area contributed by atoms with E-state index < -0.39 is 0 Å². The van der Waals surface area contributed by atoms with Crippen molar-refractivity contribution < 1.29 is 9.13 Å². The van der Waals surface area contributed by atoms with E-state index in [4.69, 9.17) is 10.5 Å². The SMILES string of the molecule is COc1ccc(C2CC(C(C)C)CCC2N)c(F)c1. The molecule has 0 bridgehead atoms. The summed E-state index contributed by atoms with van der Waals surface area (Å²) in [5, 5.41) is 0. The van der Waals surface area contributed by atoms with Crippen molar-refractivity contribution in [2.45, 2.75) is 45.1 Å². The van der Waals surface area contributed by atoms with E-state index in [2.05, 4.69) is 13.8 Å². The Hall–Kier alpha value is -1.09. The number of ether oxygens (including phenoxy) is 1. The predicted octanol–water partition coefficient (Wildman–Crippen LogP) is 3.70. The molecule has 0 spiro atoms. The van der Waals surface area contributed by atoms with Gasteiger partial charge in [-0.25, -0.2) is 4.39 Å². The third kappa shape index (κ3) is 3.08. The highest BCUT2D eigenvalue weighted by molar-refractivity contribution is 5.32. The molecule has 2 nitrogen and oxygen atoms in total. The molecule has 0 aromatic heterocycles. The number of hydrogen-bond donors (Lipinski definition) is 1. The Morgan fingerprint density at radius 2 is 2.05 bits per heavy atom. The molecule has 1 fully saturated rings. The molecule has 0 radical (unpaired) electrons. The fourth-order valence-corrected chi connectivity index (χ4v) is 3.13. The maximum Gasteiger partial charge on any atom is 0.130 e. The van der Waals surface area contributed by atoms with Crippen LogP contribution in [0.5, 0.6) is 5.75 Å². The molecule has 106 valence electrons. The van der Waals surface area contributed by atoms with Gasteiger partial charge in [-0.05, 0) is 42.7 Å². The Bertz CT molecular complexity index is 433. The number of halogens is 1. The van der Waals surface area contributed by atoms with Crippen molar-refractivity contribution in [3.63, 3.8) is 0 Å². The van der Waals surface area contributed by atoms with Gasteiger partial charge in [0.05, 0.1) is 7.11 Å². The lowest BCUT2D eigenvalue weighted by molar-refractivity contribution is 0.230. The summed E-state index contributed by atoms with van der Waals surface area (Å²) in [6, 6.07) is 5.19. The van der Waals surface area contributed by atoms with Crippen LogP contribution in [0.1, 0.15) is 44.6 Å². The molecular weight excluding hydrogens is 241 g/mol. The Morgan fingerprint density at radius 1 is 1.32 bits per heavy atom. The summed E-state index contributed by atoms with van der Waals surface area (Å²) in [6.07, 6.45) is 3.13. The molecule has 0 heterocycles. The molecule has 1 aliphatic carbocycles. The number of methoxy groups -OCH3 is 1. The Balaban J connectivity index is 2.23. The van der Waals surface area contributed by atoms with E-state index >= 15 is 0 Å². The smallest absolute Gasteiger partial charge is 0.130 e. The molecule has 1 saturated carbocycles. The molecule has 1 aliphatic rings. The van der Waals surface area contributed by atoms with E-state index in [1.807, 2.05) is 12.1 Å². The van der Waals surface area contributed by atoms with Gasteiger partial charge in [-0.1, -0.05) is 19.9 Å². The average Bonchev–Trinajstić information content (AvgIpc) is 2.39. The second-order valence-corrected chi connectivity index (χ2v) is 5.97. The molecule has 1 aromatic rings. The van der Waals surface area contributed by atoms with Crippen LogP contribution in [0.15, 0.2) is 18.2 Å². The molecule has 3 unspecified atom stereocenters. The van der Waals surface area contributed by atoms with Crippen LogP contribution in [-0.4, -0.2) is 13.2 Å². The lowest BCUT2D eigenvalue weighted by Gasteiger charge is -2.36. The summed E-state index contributed by atoms with van der Waals surface area (Å²) in [7, 11) is 1.55. The lowest BCUT2D eigenvalue weighted by atomic mass is 9.71. The van der Waals surface area contributed by atoms with Crippen LogP contribution in [0.2, 0.25) is 0 Å². The summed E-state index contributed by atoms with van der Waals surface area (Å²) in [6.45, 7) is 4.48. The minimum Gasteiger partial charge on any atom is -0.497 e. The molecule has 2 N–H and O–H groups in total. The first kappa shape index (κ1) is 14.3. The monoisotopic (exact) mass is 265 g/mol. The van der Waals surface area contributed by atoms with Gasteiger partial charge < -0.3 is 10.5 Å². The molecular formula is C16H24FNO. The molecule has 0 amide bonds. The van der Waals surface area contributed by atoms with Gasteiger partial charge in [0.1, 0.15) is 11.6 Å². The van der Waals surface area contributed by atoms with Crippen molar-refractivity contribution in [3.8, 4) is 5.75 Å². The van der Waals surface area contributed by atoms with Crippen molar-refractivity contribution >= 4 is 0 Å². The fourth-order valence-electron chi connectivity index (χ4n) is 3.13. The highest BCUT2D eigenvalue weighted by atomic mass is 19.1. The molecule has 3 heteroatoms. The van der Waals surface area contributed by atoms with Gasteiger partial charge in [-0.2, -0.15) is 0 Å². The first-order valence-corrected chi connectivity index (χ1v) is 7.12. The van der Waals surface area contributed by atoms with Gasteiger partial charge in [0.25, 0.3) is 0 Å². The maximum atomic E-state index is 14.2. The fraction of sp³-hybridized carbons (Fsp3) is 0.625. The van der Waals surface area contributed by atoms with E-state index in [-0.39, 0.29) is 17.8 Å². The van der Waals surface area contributed by atoms with Gasteiger partial charge in [0.2, 0.25) is 0 Å². The van der Waals surface area contributed by atoms with Crippen molar-refractivity contribution in [2.24, 2.45) is 17.6 Å². The summed E-state index contributed by atoms with van der Waals surface area (Å²) in [4.78, 5) is 0. The highest BCUT2D eigenvalue weighted by Crippen LogP contribution is 2.40. The third-order valence-corrected chi connectivity index (χ3v) is 4.49. The Morgan fingerprint density at radius 3 is 2.63 bits per heavy atom. The first-order chi connectivity index (χ1) is 9.02. The van der Waals surface area contributed by atoms with Crippen molar-refractivity contribution in [2.75, 3.05) is 7.11 Å². The number of rotatable bonds is 3. The standard InChI is InChI=1S/C16H24FNO/c1-10(2)11-4-7-16(18)14(8-11)13-6-5-12(19-3)9-15(13)17/h5-6,9-11,14,16H,4,7-8,18H2,1-3H3. The van der Waals surface area contributed by atoms with E-state index in [0.29, 0.717) is 17.6 Å². The zero-order valence-corrected chi connectivity index (χ0v) is 12.0. The third-order valence-electron chi connectivity index (χ3n) is 4.49. The number of hydrogen-bond acceptors (Lipinski definition) is 2. The molecule has 3 atom stereocenters.